The second-order valence-corrected chi connectivity index (χ2v) is 5.15. The van der Waals surface area contributed by atoms with Gasteiger partial charge in [-0.2, -0.15) is 0 Å². The minimum atomic E-state index is -0.213. The third-order valence-corrected chi connectivity index (χ3v) is 3.94. The molecule has 1 aromatic carbocycles. The van der Waals surface area contributed by atoms with Gasteiger partial charge in [-0.05, 0) is 18.1 Å². The average molecular weight is 231 g/mol. The van der Waals surface area contributed by atoms with E-state index in [1.807, 2.05) is 0 Å². The Morgan fingerprint density at radius 2 is 2.29 bits per heavy atom. The fourth-order valence-corrected chi connectivity index (χ4v) is 3.12. The number of fused-ring (bicyclic) bond motifs is 2. The number of anilines is 1. The number of hydrogen-bond acceptors (Lipinski definition) is 3. The largest absolute Gasteiger partial charge is 0.510 e. The third kappa shape index (κ3) is 1.46. The van der Waals surface area contributed by atoms with Crippen LogP contribution in [0.2, 0.25) is 0 Å². The van der Waals surface area contributed by atoms with E-state index in [-0.39, 0.29) is 17.3 Å². The number of aliphatic hydroxyl groups is 1. The Balaban J connectivity index is 1.99. The average Bonchev–Trinajstić information content (AvgIpc) is 2.85. The zero-order valence-corrected chi connectivity index (χ0v) is 10.0. The number of benzene rings is 1. The monoisotopic (exact) mass is 231 g/mol. The lowest BCUT2D eigenvalue weighted by Crippen LogP contribution is -2.32. The smallest absolute Gasteiger partial charge is 0.115 e. The van der Waals surface area contributed by atoms with E-state index in [4.69, 9.17) is 4.74 Å². The molecule has 0 bridgehead atoms. The first-order valence-corrected chi connectivity index (χ1v) is 5.92. The molecule has 0 aromatic heterocycles. The normalized spacial score (nSPS) is 30.9. The lowest BCUT2D eigenvalue weighted by molar-refractivity contribution is 0.0971. The van der Waals surface area contributed by atoms with E-state index in [2.05, 4.69) is 42.8 Å². The SMILES string of the molecule is C=C(O)C1CC2(CO1)CN(C)c1ccccc12. The summed E-state index contributed by atoms with van der Waals surface area (Å²) in [4.78, 5) is 2.27. The van der Waals surface area contributed by atoms with Gasteiger partial charge in [0.2, 0.25) is 0 Å². The van der Waals surface area contributed by atoms with Crippen LogP contribution in [-0.2, 0) is 10.2 Å². The van der Waals surface area contributed by atoms with Gasteiger partial charge in [0.1, 0.15) is 11.9 Å². The van der Waals surface area contributed by atoms with Crippen LogP contribution in [0.1, 0.15) is 12.0 Å². The number of hydrogen-bond donors (Lipinski definition) is 1. The van der Waals surface area contributed by atoms with Crippen molar-refractivity contribution in [2.75, 3.05) is 25.1 Å². The second-order valence-electron chi connectivity index (χ2n) is 5.15. The van der Waals surface area contributed by atoms with Crippen LogP contribution in [0, 0.1) is 0 Å². The molecule has 2 atom stereocenters. The first-order chi connectivity index (χ1) is 8.12. The zero-order chi connectivity index (χ0) is 12.0. The van der Waals surface area contributed by atoms with E-state index in [0.717, 1.165) is 13.0 Å². The van der Waals surface area contributed by atoms with Gasteiger partial charge in [0.25, 0.3) is 0 Å². The molecule has 0 radical (unpaired) electrons. The van der Waals surface area contributed by atoms with Crippen molar-refractivity contribution in [1.29, 1.82) is 0 Å². The number of para-hydroxylation sites is 1. The predicted octanol–water partition coefficient (Wildman–Crippen LogP) is 2.23. The number of aliphatic hydroxyl groups excluding tert-OH is 1. The highest BCUT2D eigenvalue weighted by molar-refractivity contribution is 5.62. The molecule has 2 unspecified atom stereocenters. The quantitative estimate of drug-likeness (QED) is 0.752. The molecule has 2 heterocycles. The molecule has 1 fully saturated rings. The minimum absolute atomic E-state index is 0.0294. The molecule has 0 aliphatic carbocycles. The second kappa shape index (κ2) is 3.50. The Kier molecular flexibility index (Phi) is 2.20. The van der Waals surface area contributed by atoms with E-state index < -0.39 is 0 Å². The molecule has 1 spiro atoms. The Bertz CT molecular complexity index is 471. The van der Waals surface area contributed by atoms with Gasteiger partial charge in [-0.25, -0.2) is 0 Å². The minimum Gasteiger partial charge on any atom is -0.510 e. The van der Waals surface area contributed by atoms with Crippen molar-refractivity contribution >= 4 is 5.69 Å². The van der Waals surface area contributed by atoms with Crippen LogP contribution >= 0.6 is 0 Å². The summed E-state index contributed by atoms with van der Waals surface area (Å²) in [6, 6.07) is 8.45. The summed E-state index contributed by atoms with van der Waals surface area (Å²) in [5.74, 6) is 0.147. The molecule has 1 N–H and O–H groups in total. The maximum atomic E-state index is 9.48. The summed E-state index contributed by atoms with van der Waals surface area (Å²) >= 11 is 0. The summed E-state index contributed by atoms with van der Waals surface area (Å²) in [5.41, 5.74) is 2.65. The van der Waals surface area contributed by atoms with Crippen molar-refractivity contribution < 1.29 is 9.84 Å². The van der Waals surface area contributed by atoms with E-state index in [9.17, 15) is 5.11 Å². The summed E-state index contributed by atoms with van der Waals surface area (Å²) in [5, 5.41) is 9.48. The van der Waals surface area contributed by atoms with Gasteiger partial charge in [-0.3, -0.25) is 0 Å². The van der Waals surface area contributed by atoms with Crippen molar-refractivity contribution in [2.24, 2.45) is 0 Å². The van der Waals surface area contributed by atoms with Crippen LogP contribution in [0.5, 0.6) is 0 Å². The highest BCUT2D eigenvalue weighted by Crippen LogP contribution is 2.47. The van der Waals surface area contributed by atoms with E-state index >= 15 is 0 Å². The highest BCUT2D eigenvalue weighted by Gasteiger charge is 2.48. The fourth-order valence-electron chi connectivity index (χ4n) is 3.12. The molecule has 2 aliphatic heterocycles. The van der Waals surface area contributed by atoms with Crippen LogP contribution in [0.15, 0.2) is 36.6 Å². The first-order valence-electron chi connectivity index (χ1n) is 5.92. The molecular weight excluding hydrogens is 214 g/mol. The summed E-state index contributed by atoms with van der Waals surface area (Å²) in [6.07, 6.45) is 0.610. The zero-order valence-electron chi connectivity index (χ0n) is 10.0. The molecule has 0 amide bonds. The van der Waals surface area contributed by atoms with Crippen LogP contribution in [0.4, 0.5) is 5.69 Å². The van der Waals surface area contributed by atoms with Gasteiger partial charge < -0.3 is 14.7 Å². The number of ether oxygens (including phenoxy) is 1. The van der Waals surface area contributed by atoms with Gasteiger partial charge in [0.15, 0.2) is 0 Å². The maximum absolute atomic E-state index is 9.48. The summed E-state index contributed by atoms with van der Waals surface area (Å²) in [7, 11) is 2.11. The van der Waals surface area contributed by atoms with Crippen molar-refractivity contribution in [3.05, 3.63) is 42.2 Å². The lowest BCUT2D eigenvalue weighted by atomic mass is 9.80. The molecule has 90 valence electrons. The Morgan fingerprint density at radius 3 is 3.00 bits per heavy atom. The Hall–Kier alpha value is -1.48. The van der Waals surface area contributed by atoms with Crippen LogP contribution in [0.3, 0.4) is 0 Å². The molecule has 3 nitrogen and oxygen atoms in total. The van der Waals surface area contributed by atoms with Crippen LogP contribution < -0.4 is 4.90 Å². The van der Waals surface area contributed by atoms with Crippen molar-refractivity contribution in [1.82, 2.24) is 0 Å². The summed E-state index contributed by atoms with van der Waals surface area (Å²) < 4.78 is 5.68. The van der Waals surface area contributed by atoms with Crippen molar-refractivity contribution in [3.8, 4) is 0 Å². The standard InChI is InChI=1S/C14H17NO2/c1-10(16)13-7-14(9-17-13)8-15(2)12-6-4-3-5-11(12)14/h3-6,13,16H,1,7-9H2,2H3. The molecule has 3 heteroatoms. The van der Waals surface area contributed by atoms with E-state index in [1.165, 1.54) is 11.3 Å². The first kappa shape index (κ1) is 10.7. The molecule has 1 aromatic rings. The Labute approximate surface area is 101 Å². The molecular formula is C14H17NO2. The van der Waals surface area contributed by atoms with Gasteiger partial charge in [-0.15, -0.1) is 0 Å². The molecule has 17 heavy (non-hydrogen) atoms. The summed E-state index contributed by atoms with van der Waals surface area (Å²) in [6.45, 7) is 5.20. The lowest BCUT2D eigenvalue weighted by Gasteiger charge is -2.22. The molecule has 1 saturated heterocycles. The van der Waals surface area contributed by atoms with Crippen molar-refractivity contribution in [3.63, 3.8) is 0 Å². The molecule has 2 aliphatic rings. The third-order valence-electron chi connectivity index (χ3n) is 3.94. The van der Waals surface area contributed by atoms with Crippen molar-refractivity contribution in [2.45, 2.75) is 17.9 Å². The van der Waals surface area contributed by atoms with Gasteiger partial charge >= 0.3 is 0 Å². The molecule has 0 saturated carbocycles. The van der Waals surface area contributed by atoms with Gasteiger partial charge in [0.05, 0.1) is 6.61 Å². The topological polar surface area (TPSA) is 32.7 Å². The van der Waals surface area contributed by atoms with Gasteiger partial charge in [-0.1, -0.05) is 24.8 Å². The van der Waals surface area contributed by atoms with Gasteiger partial charge in [0, 0.05) is 24.7 Å². The van der Waals surface area contributed by atoms with E-state index in [0.29, 0.717) is 6.61 Å². The predicted molar refractivity (Wildman–Crippen MR) is 67.5 cm³/mol. The van der Waals surface area contributed by atoms with E-state index in [1.54, 1.807) is 0 Å². The Morgan fingerprint density at radius 1 is 1.53 bits per heavy atom. The number of nitrogens with zero attached hydrogens (tertiary/aromatic N) is 1. The maximum Gasteiger partial charge on any atom is 0.115 e. The number of rotatable bonds is 1. The van der Waals surface area contributed by atoms with Crippen LogP contribution in [0.25, 0.3) is 0 Å². The number of likely N-dealkylation sites (N-methyl/N-ethyl adjacent to an activating group) is 1. The highest BCUT2D eigenvalue weighted by atomic mass is 16.5. The molecule has 3 rings (SSSR count). The van der Waals surface area contributed by atoms with Crippen LogP contribution in [-0.4, -0.2) is 31.4 Å². The fraction of sp³-hybridized carbons (Fsp3) is 0.429.